The van der Waals surface area contributed by atoms with Gasteiger partial charge in [-0.25, -0.2) is 0 Å². The molecule has 0 saturated heterocycles. The molecule has 3 nitrogen and oxygen atoms in total. The molecule has 2 atom stereocenters. The van der Waals surface area contributed by atoms with Crippen LogP contribution in [0.1, 0.15) is 36.9 Å². The Morgan fingerprint density at radius 3 is 3.00 bits per heavy atom. The van der Waals surface area contributed by atoms with Crippen molar-refractivity contribution < 1.29 is 5.11 Å². The van der Waals surface area contributed by atoms with Crippen molar-refractivity contribution in [3.05, 3.63) is 29.6 Å². The van der Waals surface area contributed by atoms with E-state index < -0.39 is 0 Å². The van der Waals surface area contributed by atoms with Crippen LogP contribution in [0, 0.1) is 12.8 Å². The predicted molar refractivity (Wildman–Crippen MR) is 68.6 cm³/mol. The molecule has 1 aromatic rings. The fourth-order valence-corrected chi connectivity index (χ4v) is 2.51. The van der Waals surface area contributed by atoms with Crippen LogP contribution in [-0.2, 0) is 6.54 Å². The quantitative estimate of drug-likeness (QED) is 0.838. The zero-order valence-corrected chi connectivity index (χ0v) is 10.5. The zero-order chi connectivity index (χ0) is 12.1. The lowest BCUT2D eigenvalue weighted by Gasteiger charge is -2.27. The molecule has 0 aromatic carbocycles. The minimum Gasteiger partial charge on any atom is -0.393 e. The molecule has 1 saturated carbocycles. The Kier molecular flexibility index (Phi) is 4.51. The van der Waals surface area contributed by atoms with E-state index in [9.17, 15) is 5.11 Å². The van der Waals surface area contributed by atoms with Crippen molar-refractivity contribution in [2.24, 2.45) is 5.92 Å². The van der Waals surface area contributed by atoms with Crippen LogP contribution < -0.4 is 5.32 Å². The van der Waals surface area contributed by atoms with E-state index in [1.807, 2.05) is 12.3 Å². The molecule has 17 heavy (non-hydrogen) atoms. The van der Waals surface area contributed by atoms with E-state index in [0.29, 0.717) is 5.92 Å². The minimum absolute atomic E-state index is 0.110. The van der Waals surface area contributed by atoms with Crippen molar-refractivity contribution in [2.75, 3.05) is 6.54 Å². The highest BCUT2D eigenvalue weighted by Gasteiger charge is 2.22. The minimum atomic E-state index is -0.110. The molecule has 94 valence electrons. The van der Waals surface area contributed by atoms with Crippen LogP contribution >= 0.6 is 0 Å². The van der Waals surface area contributed by atoms with E-state index in [0.717, 1.165) is 31.6 Å². The Hall–Kier alpha value is -0.930. The average molecular weight is 234 g/mol. The predicted octanol–water partition coefficient (Wildman–Crippen LogP) is 2.03. The molecule has 0 amide bonds. The first-order valence-electron chi connectivity index (χ1n) is 6.56. The molecule has 2 rings (SSSR count). The van der Waals surface area contributed by atoms with Crippen LogP contribution in [0.3, 0.4) is 0 Å². The van der Waals surface area contributed by atoms with Crippen molar-refractivity contribution in [3.63, 3.8) is 0 Å². The largest absolute Gasteiger partial charge is 0.393 e. The maximum atomic E-state index is 9.87. The molecular formula is C14H22N2O. The summed E-state index contributed by atoms with van der Waals surface area (Å²) in [7, 11) is 0. The Morgan fingerprint density at radius 2 is 2.24 bits per heavy atom. The van der Waals surface area contributed by atoms with Crippen LogP contribution in [0.15, 0.2) is 18.3 Å². The standard InChI is InChI=1S/C14H22N2O/c1-11-5-4-8-16-13(11)10-15-9-12-6-2-3-7-14(12)17/h4-5,8,12,14-15,17H,2-3,6-7,9-10H2,1H3. The van der Waals surface area contributed by atoms with Gasteiger partial charge < -0.3 is 10.4 Å². The number of nitrogens with zero attached hydrogens (tertiary/aromatic N) is 1. The maximum Gasteiger partial charge on any atom is 0.0580 e. The summed E-state index contributed by atoms with van der Waals surface area (Å²) in [5.74, 6) is 0.424. The van der Waals surface area contributed by atoms with Gasteiger partial charge in [0.2, 0.25) is 0 Å². The Balaban J connectivity index is 1.77. The van der Waals surface area contributed by atoms with Crippen LogP contribution in [-0.4, -0.2) is 22.7 Å². The molecule has 1 heterocycles. The third kappa shape index (κ3) is 3.51. The van der Waals surface area contributed by atoms with E-state index in [1.54, 1.807) is 0 Å². The van der Waals surface area contributed by atoms with Gasteiger partial charge >= 0.3 is 0 Å². The molecule has 0 bridgehead atoms. The van der Waals surface area contributed by atoms with Crippen LogP contribution in [0.5, 0.6) is 0 Å². The molecule has 0 spiro atoms. The Morgan fingerprint density at radius 1 is 1.41 bits per heavy atom. The van der Waals surface area contributed by atoms with Gasteiger partial charge in [-0.3, -0.25) is 4.98 Å². The molecule has 1 aromatic heterocycles. The first-order chi connectivity index (χ1) is 8.27. The highest BCUT2D eigenvalue weighted by atomic mass is 16.3. The van der Waals surface area contributed by atoms with Crippen LogP contribution in [0.25, 0.3) is 0 Å². The number of hydrogen-bond acceptors (Lipinski definition) is 3. The molecule has 3 heteroatoms. The van der Waals surface area contributed by atoms with Crippen molar-refractivity contribution in [1.82, 2.24) is 10.3 Å². The van der Waals surface area contributed by atoms with Gasteiger partial charge in [-0.1, -0.05) is 18.9 Å². The van der Waals surface area contributed by atoms with E-state index in [-0.39, 0.29) is 6.10 Å². The van der Waals surface area contributed by atoms with Gasteiger partial charge in [-0.05, 0) is 37.3 Å². The SMILES string of the molecule is Cc1cccnc1CNCC1CCCCC1O. The molecule has 1 aliphatic rings. The summed E-state index contributed by atoms with van der Waals surface area (Å²) in [5.41, 5.74) is 2.34. The highest BCUT2D eigenvalue weighted by Crippen LogP contribution is 2.23. The van der Waals surface area contributed by atoms with Crippen molar-refractivity contribution in [1.29, 1.82) is 0 Å². The monoisotopic (exact) mass is 234 g/mol. The van der Waals surface area contributed by atoms with Crippen molar-refractivity contribution in [2.45, 2.75) is 45.3 Å². The number of nitrogens with one attached hydrogen (secondary N) is 1. The second-order valence-corrected chi connectivity index (χ2v) is 5.01. The second-order valence-electron chi connectivity index (χ2n) is 5.01. The van der Waals surface area contributed by atoms with Gasteiger partial charge in [-0.15, -0.1) is 0 Å². The van der Waals surface area contributed by atoms with Crippen LogP contribution in [0.4, 0.5) is 0 Å². The third-order valence-electron chi connectivity index (χ3n) is 3.69. The lowest BCUT2D eigenvalue weighted by molar-refractivity contribution is 0.0694. The third-order valence-corrected chi connectivity index (χ3v) is 3.69. The summed E-state index contributed by atoms with van der Waals surface area (Å²) >= 11 is 0. The number of aliphatic hydroxyl groups excluding tert-OH is 1. The number of aryl methyl sites for hydroxylation is 1. The average Bonchev–Trinajstić information content (AvgIpc) is 2.34. The summed E-state index contributed by atoms with van der Waals surface area (Å²) in [6.45, 7) is 3.78. The summed E-state index contributed by atoms with van der Waals surface area (Å²) in [6.07, 6.45) is 6.27. The molecule has 0 radical (unpaired) electrons. The summed E-state index contributed by atoms with van der Waals surface area (Å²) in [4.78, 5) is 4.35. The van der Waals surface area contributed by atoms with Gasteiger partial charge in [0, 0.05) is 19.3 Å². The second kappa shape index (κ2) is 6.12. The van der Waals surface area contributed by atoms with Gasteiger partial charge in [-0.2, -0.15) is 0 Å². The summed E-state index contributed by atoms with van der Waals surface area (Å²) < 4.78 is 0. The Bertz CT molecular complexity index is 354. The first kappa shape index (κ1) is 12.5. The van der Waals surface area contributed by atoms with E-state index in [2.05, 4.69) is 23.3 Å². The molecule has 2 N–H and O–H groups in total. The van der Waals surface area contributed by atoms with Crippen LogP contribution in [0.2, 0.25) is 0 Å². The van der Waals surface area contributed by atoms with Gasteiger partial charge in [0.25, 0.3) is 0 Å². The van der Waals surface area contributed by atoms with E-state index >= 15 is 0 Å². The smallest absolute Gasteiger partial charge is 0.0580 e. The number of rotatable bonds is 4. The topological polar surface area (TPSA) is 45.2 Å². The lowest BCUT2D eigenvalue weighted by atomic mass is 9.86. The molecule has 0 aliphatic heterocycles. The summed E-state index contributed by atoms with van der Waals surface area (Å²) in [5, 5.41) is 13.3. The molecule has 2 unspecified atom stereocenters. The van der Waals surface area contributed by atoms with Gasteiger partial charge in [0.1, 0.15) is 0 Å². The Labute approximate surface area is 103 Å². The first-order valence-corrected chi connectivity index (χ1v) is 6.56. The molecular weight excluding hydrogens is 212 g/mol. The van der Waals surface area contributed by atoms with E-state index in [1.165, 1.54) is 18.4 Å². The number of pyridine rings is 1. The summed E-state index contributed by atoms with van der Waals surface area (Å²) in [6, 6.07) is 4.04. The molecule has 1 aliphatic carbocycles. The number of aromatic nitrogens is 1. The fraction of sp³-hybridized carbons (Fsp3) is 0.643. The lowest BCUT2D eigenvalue weighted by Crippen LogP contribution is -2.33. The zero-order valence-electron chi connectivity index (χ0n) is 10.5. The maximum absolute atomic E-state index is 9.87. The van der Waals surface area contributed by atoms with E-state index in [4.69, 9.17) is 0 Å². The van der Waals surface area contributed by atoms with Gasteiger partial charge in [0.15, 0.2) is 0 Å². The molecule has 1 fully saturated rings. The van der Waals surface area contributed by atoms with Crippen molar-refractivity contribution >= 4 is 0 Å². The van der Waals surface area contributed by atoms with Crippen molar-refractivity contribution in [3.8, 4) is 0 Å². The number of aliphatic hydroxyl groups is 1. The van der Waals surface area contributed by atoms with Gasteiger partial charge in [0.05, 0.1) is 11.8 Å². The number of hydrogen-bond donors (Lipinski definition) is 2. The highest BCUT2D eigenvalue weighted by molar-refractivity contribution is 5.17. The fourth-order valence-electron chi connectivity index (χ4n) is 2.51. The normalized spacial score (nSPS) is 24.8.